The molecule has 5 heteroatoms. The standard InChI is InChI=1S/C13H19ClN2O2/c1-3-16(4-2)9-8-15-13(18)10-6-5-7-11(14)12(10)17/h5-7,17H,3-4,8-9H2,1-2H3,(H,15,18). The molecule has 1 aromatic rings. The van der Waals surface area contributed by atoms with E-state index in [4.69, 9.17) is 11.6 Å². The number of benzene rings is 1. The molecule has 0 saturated heterocycles. The molecule has 0 aromatic heterocycles. The van der Waals surface area contributed by atoms with E-state index in [1.807, 2.05) is 0 Å². The minimum atomic E-state index is -0.304. The Morgan fingerprint density at radius 3 is 2.67 bits per heavy atom. The first-order chi connectivity index (χ1) is 8.60. The van der Waals surface area contributed by atoms with Gasteiger partial charge in [-0.15, -0.1) is 0 Å². The van der Waals surface area contributed by atoms with Gasteiger partial charge in [-0.25, -0.2) is 0 Å². The summed E-state index contributed by atoms with van der Waals surface area (Å²) < 4.78 is 0. The molecule has 1 amide bonds. The van der Waals surface area contributed by atoms with Crippen molar-refractivity contribution in [3.05, 3.63) is 28.8 Å². The molecule has 1 rings (SSSR count). The molecule has 0 aliphatic carbocycles. The van der Waals surface area contributed by atoms with Gasteiger partial charge in [-0.3, -0.25) is 4.79 Å². The van der Waals surface area contributed by atoms with Gasteiger partial charge in [0.15, 0.2) is 0 Å². The number of carbonyl (C=O) groups excluding carboxylic acids is 1. The molecule has 0 unspecified atom stereocenters. The van der Waals surface area contributed by atoms with Crippen LogP contribution in [0.2, 0.25) is 5.02 Å². The highest BCUT2D eigenvalue weighted by Gasteiger charge is 2.12. The monoisotopic (exact) mass is 270 g/mol. The zero-order chi connectivity index (χ0) is 13.5. The molecule has 0 atom stereocenters. The molecule has 0 radical (unpaired) electrons. The number of phenolic OH excluding ortho intramolecular Hbond substituents is 1. The number of nitrogens with one attached hydrogen (secondary N) is 1. The molecule has 100 valence electrons. The lowest BCUT2D eigenvalue weighted by molar-refractivity contribution is 0.0946. The molecule has 18 heavy (non-hydrogen) atoms. The first-order valence-corrected chi connectivity index (χ1v) is 6.46. The average Bonchev–Trinajstić information content (AvgIpc) is 2.37. The van der Waals surface area contributed by atoms with Crippen LogP contribution in [0, 0.1) is 0 Å². The maximum Gasteiger partial charge on any atom is 0.255 e. The quantitative estimate of drug-likeness (QED) is 0.833. The van der Waals surface area contributed by atoms with Crippen molar-refractivity contribution in [3.8, 4) is 5.75 Å². The Kier molecular flexibility index (Phi) is 5.95. The van der Waals surface area contributed by atoms with Crippen molar-refractivity contribution in [1.29, 1.82) is 0 Å². The topological polar surface area (TPSA) is 52.6 Å². The molecule has 0 fully saturated rings. The van der Waals surface area contributed by atoms with E-state index in [1.165, 1.54) is 0 Å². The van der Waals surface area contributed by atoms with Crippen molar-refractivity contribution in [2.24, 2.45) is 0 Å². The third-order valence-electron chi connectivity index (χ3n) is 2.84. The lowest BCUT2D eigenvalue weighted by Gasteiger charge is -2.18. The highest BCUT2D eigenvalue weighted by atomic mass is 35.5. The summed E-state index contributed by atoms with van der Waals surface area (Å²) in [6, 6.07) is 4.74. The van der Waals surface area contributed by atoms with E-state index >= 15 is 0 Å². The Hall–Kier alpha value is -1.26. The van der Waals surface area contributed by atoms with E-state index in [1.54, 1.807) is 18.2 Å². The number of para-hydroxylation sites is 1. The summed E-state index contributed by atoms with van der Waals surface area (Å²) in [6.45, 7) is 7.40. The second kappa shape index (κ2) is 7.24. The third-order valence-corrected chi connectivity index (χ3v) is 3.14. The van der Waals surface area contributed by atoms with E-state index in [0.29, 0.717) is 6.54 Å². The number of likely N-dealkylation sites (N-methyl/N-ethyl adjacent to an activating group) is 1. The van der Waals surface area contributed by atoms with Crippen molar-refractivity contribution in [3.63, 3.8) is 0 Å². The Balaban J connectivity index is 2.53. The van der Waals surface area contributed by atoms with E-state index in [2.05, 4.69) is 24.1 Å². The predicted octanol–water partition coefficient (Wildman–Crippen LogP) is 2.12. The maximum absolute atomic E-state index is 11.8. The molecule has 0 bridgehead atoms. The molecule has 1 aromatic carbocycles. The van der Waals surface area contributed by atoms with E-state index in [0.717, 1.165) is 19.6 Å². The number of hydrogen-bond acceptors (Lipinski definition) is 3. The third kappa shape index (κ3) is 3.89. The fraction of sp³-hybridized carbons (Fsp3) is 0.462. The molecule has 0 saturated carbocycles. The fourth-order valence-electron chi connectivity index (χ4n) is 1.66. The van der Waals surface area contributed by atoms with Gasteiger partial charge in [0.1, 0.15) is 5.75 Å². The maximum atomic E-state index is 11.8. The number of phenols is 1. The first kappa shape index (κ1) is 14.8. The summed E-state index contributed by atoms with van der Waals surface area (Å²) in [7, 11) is 0. The van der Waals surface area contributed by atoms with Gasteiger partial charge in [0.25, 0.3) is 5.91 Å². The highest BCUT2D eigenvalue weighted by molar-refractivity contribution is 6.32. The van der Waals surface area contributed by atoms with Crippen LogP contribution in [0.15, 0.2) is 18.2 Å². The van der Waals surface area contributed by atoms with Crippen molar-refractivity contribution >= 4 is 17.5 Å². The van der Waals surface area contributed by atoms with Crippen molar-refractivity contribution < 1.29 is 9.90 Å². The van der Waals surface area contributed by atoms with Gasteiger partial charge in [0.2, 0.25) is 0 Å². The van der Waals surface area contributed by atoms with E-state index in [9.17, 15) is 9.90 Å². The molecule has 0 heterocycles. The summed E-state index contributed by atoms with van der Waals surface area (Å²) in [5.41, 5.74) is 0.210. The van der Waals surface area contributed by atoms with Crippen LogP contribution in [0.4, 0.5) is 0 Å². The molecular formula is C13H19ClN2O2. The molecule has 2 N–H and O–H groups in total. The molecule has 0 spiro atoms. The minimum absolute atomic E-state index is 0.167. The smallest absolute Gasteiger partial charge is 0.255 e. The average molecular weight is 271 g/mol. The van der Waals surface area contributed by atoms with Gasteiger partial charge in [-0.1, -0.05) is 31.5 Å². The molecular weight excluding hydrogens is 252 g/mol. The summed E-state index contributed by atoms with van der Waals surface area (Å²) in [5, 5.41) is 12.6. The Morgan fingerprint density at radius 2 is 2.06 bits per heavy atom. The van der Waals surface area contributed by atoms with Gasteiger partial charge in [-0.2, -0.15) is 0 Å². The second-order valence-electron chi connectivity index (χ2n) is 3.92. The molecule has 0 aliphatic heterocycles. The number of halogens is 1. The molecule has 0 aliphatic rings. The Labute approximate surface area is 113 Å². The highest BCUT2D eigenvalue weighted by Crippen LogP contribution is 2.26. The van der Waals surface area contributed by atoms with Crippen molar-refractivity contribution in [2.75, 3.05) is 26.2 Å². The second-order valence-corrected chi connectivity index (χ2v) is 4.33. The number of aromatic hydroxyl groups is 1. The zero-order valence-corrected chi connectivity index (χ0v) is 11.5. The van der Waals surface area contributed by atoms with Gasteiger partial charge in [0, 0.05) is 13.1 Å². The van der Waals surface area contributed by atoms with Gasteiger partial charge < -0.3 is 15.3 Å². The summed E-state index contributed by atoms with van der Waals surface area (Å²) >= 11 is 5.75. The lowest BCUT2D eigenvalue weighted by atomic mass is 10.2. The van der Waals surface area contributed by atoms with Crippen molar-refractivity contribution in [2.45, 2.75) is 13.8 Å². The van der Waals surface area contributed by atoms with Gasteiger partial charge in [-0.05, 0) is 25.2 Å². The molecule has 4 nitrogen and oxygen atoms in total. The zero-order valence-electron chi connectivity index (χ0n) is 10.7. The van der Waals surface area contributed by atoms with Gasteiger partial charge in [0.05, 0.1) is 10.6 Å². The van der Waals surface area contributed by atoms with Crippen molar-refractivity contribution in [1.82, 2.24) is 10.2 Å². The number of rotatable bonds is 6. The number of hydrogen-bond donors (Lipinski definition) is 2. The van der Waals surface area contributed by atoms with Crippen LogP contribution in [0.1, 0.15) is 24.2 Å². The van der Waals surface area contributed by atoms with Crippen LogP contribution in [-0.4, -0.2) is 42.1 Å². The Morgan fingerprint density at radius 1 is 1.39 bits per heavy atom. The van der Waals surface area contributed by atoms with Crippen LogP contribution in [-0.2, 0) is 0 Å². The van der Waals surface area contributed by atoms with E-state index < -0.39 is 0 Å². The van der Waals surface area contributed by atoms with Crippen LogP contribution in [0.25, 0.3) is 0 Å². The SMILES string of the molecule is CCN(CC)CCNC(=O)c1cccc(Cl)c1O. The normalized spacial score (nSPS) is 10.7. The van der Waals surface area contributed by atoms with Crippen LogP contribution >= 0.6 is 11.6 Å². The van der Waals surface area contributed by atoms with Crippen LogP contribution in [0.3, 0.4) is 0 Å². The van der Waals surface area contributed by atoms with Crippen LogP contribution in [0.5, 0.6) is 5.75 Å². The lowest BCUT2D eigenvalue weighted by Crippen LogP contribution is -2.34. The number of nitrogens with zero attached hydrogens (tertiary/aromatic N) is 1. The van der Waals surface area contributed by atoms with Gasteiger partial charge >= 0.3 is 0 Å². The largest absolute Gasteiger partial charge is 0.506 e. The summed E-state index contributed by atoms with van der Waals surface area (Å²) in [5.74, 6) is -0.471. The number of amides is 1. The van der Waals surface area contributed by atoms with Crippen LogP contribution < -0.4 is 5.32 Å². The fourth-order valence-corrected chi connectivity index (χ4v) is 1.84. The predicted molar refractivity (Wildman–Crippen MR) is 73.2 cm³/mol. The number of carbonyl (C=O) groups is 1. The minimum Gasteiger partial charge on any atom is -0.506 e. The Bertz CT molecular complexity index is 406. The van der Waals surface area contributed by atoms with E-state index in [-0.39, 0.29) is 22.2 Å². The summed E-state index contributed by atoms with van der Waals surface area (Å²) in [4.78, 5) is 14.0. The first-order valence-electron chi connectivity index (χ1n) is 6.08. The summed E-state index contributed by atoms with van der Waals surface area (Å²) in [6.07, 6.45) is 0.